The molecule has 7 nitrogen and oxygen atoms in total. The van der Waals surface area contributed by atoms with Crippen LogP contribution in [0, 0.1) is 13.8 Å². The number of benzene rings is 2. The van der Waals surface area contributed by atoms with Crippen LogP contribution in [-0.4, -0.2) is 52.9 Å². The van der Waals surface area contributed by atoms with Crippen molar-refractivity contribution in [1.82, 2.24) is 25.5 Å². The van der Waals surface area contributed by atoms with Crippen LogP contribution >= 0.6 is 0 Å². The molecule has 2 N–H and O–H groups in total. The van der Waals surface area contributed by atoms with Crippen LogP contribution in [0.1, 0.15) is 59.0 Å². The lowest BCUT2D eigenvalue weighted by atomic mass is 10.0. The number of rotatable bonds is 2. The monoisotopic (exact) mass is 459 g/mol. The van der Waals surface area contributed by atoms with Crippen LogP contribution in [-0.2, 0) is 4.79 Å². The van der Waals surface area contributed by atoms with Crippen LogP contribution < -0.4 is 10.6 Å². The van der Waals surface area contributed by atoms with E-state index in [-0.39, 0.29) is 17.9 Å². The number of nitrogens with zero attached hydrogens (tertiary/aromatic N) is 3. The molecule has 1 saturated heterocycles. The van der Waals surface area contributed by atoms with Gasteiger partial charge in [0.2, 0.25) is 5.91 Å². The van der Waals surface area contributed by atoms with Crippen molar-refractivity contribution in [2.45, 2.75) is 45.6 Å². The highest BCUT2D eigenvalue weighted by atomic mass is 16.2. The summed E-state index contributed by atoms with van der Waals surface area (Å²) in [5, 5.41) is 6.55. The summed E-state index contributed by atoms with van der Waals surface area (Å²) in [5.74, 6) is 0.0236. The number of fused-ring (bicyclic) bond motifs is 1. The van der Waals surface area contributed by atoms with Gasteiger partial charge in [0.05, 0.1) is 22.4 Å². The standard InChI is InChI=1S/C27H33N5O2/c1-19-20(2)31-25-17-22(11-12-23(25)30-19)27(34)32-15-7-6-13-28-24(21-9-4-3-5-10-21)18-26(33)29-14-8-16-32/h3-5,9-12,17,24,28H,6-8,13-16,18H2,1-2H3,(H,29,33). The van der Waals surface area contributed by atoms with E-state index in [4.69, 9.17) is 0 Å². The topological polar surface area (TPSA) is 87.2 Å². The molecular formula is C27H33N5O2. The van der Waals surface area contributed by atoms with Gasteiger partial charge < -0.3 is 15.5 Å². The highest BCUT2D eigenvalue weighted by Gasteiger charge is 2.19. The van der Waals surface area contributed by atoms with Crippen molar-refractivity contribution in [3.63, 3.8) is 0 Å². The zero-order valence-corrected chi connectivity index (χ0v) is 20.0. The lowest BCUT2D eigenvalue weighted by Gasteiger charge is -2.23. The molecule has 0 bridgehead atoms. The number of hydrogen-bond donors (Lipinski definition) is 2. The van der Waals surface area contributed by atoms with E-state index in [1.165, 1.54) is 0 Å². The summed E-state index contributed by atoms with van der Waals surface area (Å²) in [6, 6.07) is 15.6. The Morgan fingerprint density at radius 2 is 1.65 bits per heavy atom. The molecule has 7 heteroatoms. The van der Waals surface area contributed by atoms with E-state index in [1.807, 2.05) is 55.1 Å². The van der Waals surface area contributed by atoms with Crippen molar-refractivity contribution in [3.8, 4) is 0 Å². The summed E-state index contributed by atoms with van der Waals surface area (Å²) in [4.78, 5) is 37.0. The molecule has 3 aromatic rings. The molecule has 0 radical (unpaired) electrons. The third-order valence-electron chi connectivity index (χ3n) is 6.37. The Balaban J connectivity index is 1.44. The maximum Gasteiger partial charge on any atom is 0.253 e. The average molecular weight is 460 g/mol. The molecule has 1 unspecified atom stereocenters. The predicted octanol–water partition coefficient (Wildman–Crippen LogP) is 3.71. The maximum absolute atomic E-state index is 13.4. The number of hydrogen-bond acceptors (Lipinski definition) is 5. The van der Waals surface area contributed by atoms with Gasteiger partial charge in [-0.1, -0.05) is 30.3 Å². The van der Waals surface area contributed by atoms with Crippen molar-refractivity contribution >= 4 is 22.8 Å². The van der Waals surface area contributed by atoms with E-state index >= 15 is 0 Å². The lowest BCUT2D eigenvalue weighted by Crippen LogP contribution is -2.35. The first kappa shape index (κ1) is 23.8. The molecule has 4 rings (SSSR count). The van der Waals surface area contributed by atoms with Gasteiger partial charge in [-0.3, -0.25) is 9.59 Å². The molecule has 1 atom stereocenters. The predicted molar refractivity (Wildman–Crippen MR) is 134 cm³/mol. The number of nitrogens with one attached hydrogen (secondary N) is 2. The van der Waals surface area contributed by atoms with E-state index in [2.05, 4.69) is 32.7 Å². The van der Waals surface area contributed by atoms with Gasteiger partial charge in [-0.15, -0.1) is 0 Å². The summed E-state index contributed by atoms with van der Waals surface area (Å²) in [6.45, 7) is 6.49. The highest BCUT2D eigenvalue weighted by Crippen LogP contribution is 2.18. The molecule has 0 spiro atoms. The third-order valence-corrected chi connectivity index (χ3v) is 6.37. The Morgan fingerprint density at radius 1 is 0.912 bits per heavy atom. The Kier molecular flexibility index (Phi) is 7.85. The second-order valence-electron chi connectivity index (χ2n) is 8.92. The minimum Gasteiger partial charge on any atom is -0.356 e. The normalized spacial score (nSPS) is 18.5. The second-order valence-corrected chi connectivity index (χ2v) is 8.92. The van der Waals surface area contributed by atoms with Gasteiger partial charge in [0.1, 0.15) is 0 Å². The van der Waals surface area contributed by atoms with E-state index in [9.17, 15) is 9.59 Å². The van der Waals surface area contributed by atoms with Gasteiger partial charge in [-0.25, -0.2) is 9.97 Å². The quantitative estimate of drug-likeness (QED) is 0.610. The largest absolute Gasteiger partial charge is 0.356 e. The Hall–Kier alpha value is -3.32. The molecule has 2 heterocycles. The van der Waals surface area contributed by atoms with Crippen molar-refractivity contribution in [1.29, 1.82) is 0 Å². The molecule has 2 aromatic carbocycles. The zero-order valence-electron chi connectivity index (χ0n) is 20.0. The molecule has 0 aliphatic carbocycles. The lowest BCUT2D eigenvalue weighted by molar-refractivity contribution is -0.121. The van der Waals surface area contributed by atoms with Crippen LogP contribution in [0.15, 0.2) is 48.5 Å². The number of carbonyl (C=O) groups excluding carboxylic acids is 2. The van der Waals surface area contributed by atoms with Gasteiger partial charge in [-0.05, 0) is 63.4 Å². The molecule has 1 aliphatic heterocycles. The van der Waals surface area contributed by atoms with Crippen molar-refractivity contribution in [2.75, 3.05) is 26.2 Å². The number of amides is 2. The molecule has 0 saturated carbocycles. The van der Waals surface area contributed by atoms with Gasteiger partial charge in [0, 0.05) is 37.7 Å². The molecular weight excluding hydrogens is 426 g/mol. The highest BCUT2D eigenvalue weighted by molar-refractivity contribution is 5.97. The van der Waals surface area contributed by atoms with Crippen LogP contribution in [0.4, 0.5) is 0 Å². The minimum atomic E-state index is -0.00880. The van der Waals surface area contributed by atoms with Crippen molar-refractivity contribution < 1.29 is 9.59 Å². The Bertz CT molecular complexity index is 1150. The Labute approximate surface area is 201 Å². The third kappa shape index (κ3) is 5.97. The van der Waals surface area contributed by atoms with Crippen LogP contribution in [0.3, 0.4) is 0 Å². The molecule has 1 aliphatic rings. The number of aromatic nitrogens is 2. The summed E-state index contributed by atoms with van der Waals surface area (Å²) < 4.78 is 0. The SMILES string of the molecule is Cc1nc2ccc(C(=O)N3CCCCNC(c4ccccc4)CC(=O)NCCC3)cc2nc1C. The van der Waals surface area contributed by atoms with E-state index < -0.39 is 0 Å². The number of carbonyl (C=O) groups is 2. The van der Waals surface area contributed by atoms with Crippen molar-refractivity contribution in [3.05, 3.63) is 71.0 Å². The second kappa shape index (κ2) is 11.2. The van der Waals surface area contributed by atoms with Gasteiger partial charge >= 0.3 is 0 Å². The fourth-order valence-electron chi connectivity index (χ4n) is 4.31. The fourth-order valence-corrected chi connectivity index (χ4v) is 4.31. The molecule has 34 heavy (non-hydrogen) atoms. The summed E-state index contributed by atoms with van der Waals surface area (Å²) in [6.07, 6.45) is 2.94. The summed E-state index contributed by atoms with van der Waals surface area (Å²) in [7, 11) is 0. The van der Waals surface area contributed by atoms with E-state index in [1.54, 1.807) is 0 Å². The van der Waals surface area contributed by atoms with Gasteiger partial charge in [-0.2, -0.15) is 0 Å². The molecule has 1 fully saturated rings. The summed E-state index contributed by atoms with van der Waals surface area (Å²) in [5.41, 5.74) is 5.05. The molecule has 178 valence electrons. The molecule has 1 aromatic heterocycles. The first-order valence-corrected chi connectivity index (χ1v) is 12.1. The fraction of sp³-hybridized carbons (Fsp3) is 0.407. The van der Waals surface area contributed by atoms with Crippen LogP contribution in [0.25, 0.3) is 11.0 Å². The average Bonchev–Trinajstić information content (AvgIpc) is 2.86. The Morgan fingerprint density at radius 3 is 2.44 bits per heavy atom. The number of aryl methyl sites for hydroxylation is 2. The van der Waals surface area contributed by atoms with Gasteiger partial charge in [0.15, 0.2) is 0 Å². The van der Waals surface area contributed by atoms with E-state index in [0.717, 1.165) is 47.4 Å². The zero-order chi connectivity index (χ0) is 23.9. The van der Waals surface area contributed by atoms with E-state index in [0.29, 0.717) is 38.0 Å². The minimum absolute atomic E-state index is 0.00162. The smallest absolute Gasteiger partial charge is 0.253 e. The maximum atomic E-state index is 13.4. The van der Waals surface area contributed by atoms with Crippen molar-refractivity contribution in [2.24, 2.45) is 0 Å². The van der Waals surface area contributed by atoms with Crippen LogP contribution in [0.2, 0.25) is 0 Å². The first-order chi connectivity index (χ1) is 16.5. The van der Waals surface area contributed by atoms with Crippen LogP contribution in [0.5, 0.6) is 0 Å². The summed E-state index contributed by atoms with van der Waals surface area (Å²) >= 11 is 0. The van der Waals surface area contributed by atoms with Gasteiger partial charge in [0.25, 0.3) is 5.91 Å². The first-order valence-electron chi connectivity index (χ1n) is 12.1. The molecule has 2 amide bonds.